The minimum Gasteiger partial charge on any atom is -0.492 e. The van der Waals surface area contributed by atoms with Crippen molar-refractivity contribution in [3.8, 4) is 5.75 Å². The smallest absolute Gasteiger partial charge is 0.215 e. The van der Waals surface area contributed by atoms with Gasteiger partial charge in [-0.15, -0.1) is 0 Å². The Morgan fingerprint density at radius 3 is 2.81 bits per heavy atom. The second-order valence-corrected chi connectivity index (χ2v) is 6.95. The Labute approximate surface area is 125 Å². The molecular weight excluding hydrogens is 292 g/mol. The van der Waals surface area contributed by atoms with Crippen molar-refractivity contribution in [3.63, 3.8) is 0 Å². The number of ether oxygens (including phenoxy) is 2. The number of hydrogen-bond donors (Lipinski definition) is 2. The van der Waals surface area contributed by atoms with Crippen LogP contribution in [0.25, 0.3) is 0 Å². The zero-order valence-corrected chi connectivity index (χ0v) is 13.0. The molecule has 1 heterocycles. The third-order valence-electron chi connectivity index (χ3n) is 3.18. The average Bonchev–Trinajstić information content (AvgIpc) is 2.48. The fraction of sp³-hybridized carbons (Fsp3) is 0.571. The van der Waals surface area contributed by atoms with Crippen LogP contribution in [0.15, 0.2) is 24.3 Å². The molecule has 6 nitrogen and oxygen atoms in total. The van der Waals surface area contributed by atoms with E-state index in [1.54, 1.807) is 0 Å². The van der Waals surface area contributed by atoms with Gasteiger partial charge in [-0.25, -0.2) is 13.1 Å². The molecule has 1 aliphatic rings. The van der Waals surface area contributed by atoms with E-state index in [0.29, 0.717) is 25.4 Å². The van der Waals surface area contributed by atoms with Crippen LogP contribution >= 0.6 is 0 Å². The van der Waals surface area contributed by atoms with Crippen molar-refractivity contribution in [2.75, 3.05) is 38.6 Å². The third-order valence-corrected chi connectivity index (χ3v) is 4.49. The number of morpholine rings is 1. The second kappa shape index (κ2) is 7.74. The molecule has 2 rings (SSSR count). The van der Waals surface area contributed by atoms with Gasteiger partial charge in [0, 0.05) is 19.6 Å². The monoisotopic (exact) mass is 314 g/mol. The van der Waals surface area contributed by atoms with Crippen molar-refractivity contribution in [2.45, 2.75) is 13.0 Å². The van der Waals surface area contributed by atoms with Gasteiger partial charge in [0.25, 0.3) is 0 Å². The molecule has 7 heteroatoms. The summed E-state index contributed by atoms with van der Waals surface area (Å²) in [6, 6.07) is 7.51. The highest BCUT2D eigenvalue weighted by atomic mass is 32.2. The van der Waals surface area contributed by atoms with Crippen molar-refractivity contribution < 1.29 is 17.9 Å². The third kappa shape index (κ3) is 6.01. The highest BCUT2D eigenvalue weighted by Gasteiger charge is 2.17. The van der Waals surface area contributed by atoms with Crippen molar-refractivity contribution in [2.24, 2.45) is 0 Å². The Hall–Kier alpha value is -1.15. The number of aryl methyl sites for hydroxylation is 1. The summed E-state index contributed by atoms with van der Waals surface area (Å²) < 4.78 is 37.1. The van der Waals surface area contributed by atoms with E-state index in [4.69, 9.17) is 9.47 Å². The molecule has 1 saturated heterocycles. The number of hydrogen-bond acceptors (Lipinski definition) is 5. The van der Waals surface area contributed by atoms with Gasteiger partial charge in [0.15, 0.2) is 0 Å². The van der Waals surface area contributed by atoms with Gasteiger partial charge in [0.2, 0.25) is 10.0 Å². The van der Waals surface area contributed by atoms with E-state index in [1.165, 1.54) is 0 Å². The van der Waals surface area contributed by atoms with Crippen LogP contribution in [0.4, 0.5) is 0 Å². The van der Waals surface area contributed by atoms with E-state index >= 15 is 0 Å². The summed E-state index contributed by atoms with van der Waals surface area (Å²) in [5.74, 6) is 0.608. The quantitative estimate of drug-likeness (QED) is 0.756. The van der Waals surface area contributed by atoms with E-state index in [1.807, 2.05) is 31.2 Å². The van der Waals surface area contributed by atoms with E-state index in [9.17, 15) is 8.42 Å². The van der Waals surface area contributed by atoms with Crippen LogP contribution in [-0.4, -0.2) is 53.1 Å². The number of nitrogens with one attached hydrogen (secondary N) is 2. The Morgan fingerprint density at radius 2 is 2.14 bits per heavy atom. The molecule has 0 aliphatic carbocycles. The molecule has 1 atom stereocenters. The number of sulfonamides is 1. The summed E-state index contributed by atoms with van der Waals surface area (Å²) >= 11 is 0. The molecule has 1 aromatic rings. The average molecular weight is 314 g/mol. The summed E-state index contributed by atoms with van der Waals surface area (Å²) in [5.41, 5.74) is 1.14. The summed E-state index contributed by atoms with van der Waals surface area (Å²) in [6.07, 6.45) is -0.105. The van der Waals surface area contributed by atoms with E-state index in [2.05, 4.69) is 10.0 Å². The van der Waals surface area contributed by atoms with Gasteiger partial charge in [-0.3, -0.25) is 0 Å². The van der Waals surface area contributed by atoms with Crippen LogP contribution < -0.4 is 14.8 Å². The Morgan fingerprint density at radius 1 is 1.38 bits per heavy atom. The topological polar surface area (TPSA) is 76.7 Å². The first-order valence-electron chi connectivity index (χ1n) is 7.04. The number of rotatable bonds is 7. The first kappa shape index (κ1) is 16.2. The van der Waals surface area contributed by atoms with Crippen LogP contribution in [0, 0.1) is 6.92 Å². The molecule has 0 saturated carbocycles. The van der Waals surface area contributed by atoms with Crippen LogP contribution in [-0.2, 0) is 14.8 Å². The lowest BCUT2D eigenvalue weighted by Gasteiger charge is -2.23. The molecule has 0 unspecified atom stereocenters. The van der Waals surface area contributed by atoms with Gasteiger partial charge in [-0.05, 0) is 19.1 Å². The maximum Gasteiger partial charge on any atom is 0.215 e. The normalized spacial score (nSPS) is 19.4. The standard InChI is InChI=1S/C14H22N2O4S/c1-12-2-4-13(5-3-12)20-8-9-21(17,18)16-11-14-10-15-6-7-19-14/h2-5,14-16H,6-11H2,1H3/t14-/m1/s1. The molecule has 1 aromatic carbocycles. The SMILES string of the molecule is Cc1ccc(OCCS(=O)(=O)NC[C@H]2CNCCO2)cc1. The zero-order valence-electron chi connectivity index (χ0n) is 12.2. The highest BCUT2D eigenvalue weighted by Crippen LogP contribution is 2.11. The Balaban J connectivity index is 1.69. The molecule has 2 N–H and O–H groups in total. The van der Waals surface area contributed by atoms with Crippen molar-refractivity contribution in [3.05, 3.63) is 29.8 Å². The lowest BCUT2D eigenvalue weighted by atomic mass is 10.2. The zero-order chi connectivity index (χ0) is 15.1. The maximum atomic E-state index is 11.9. The van der Waals surface area contributed by atoms with Gasteiger partial charge >= 0.3 is 0 Å². The van der Waals surface area contributed by atoms with Gasteiger partial charge < -0.3 is 14.8 Å². The molecule has 0 spiro atoms. The minimum atomic E-state index is -3.34. The summed E-state index contributed by atoms with van der Waals surface area (Å²) in [5, 5.41) is 3.16. The van der Waals surface area contributed by atoms with Gasteiger partial charge in [0.1, 0.15) is 12.4 Å². The molecule has 0 amide bonds. The van der Waals surface area contributed by atoms with Gasteiger partial charge in [-0.2, -0.15) is 0 Å². The summed E-state index contributed by atoms with van der Waals surface area (Å²) in [7, 11) is -3.34. The van der Waals surface area contributed by atoms with E-state index < -0.39 is 10.0 Å². The molecule has 21 heavy (non-hydrogen) atoms. The second-order valence-electron chi connectivity index (χ2n) is 5.03. The van der Waals surface area contributed by atoms with Crippen LogP contribution in [0.5, 0.6) is 5.75 Å². The predicted molar refractivity (Wildman–Crippen MR) is 81.1 cm³/mol. The summed E-state index contributed by atoms with van der Waals surface area (Å²) in [4.78, 5) is 0. The van der Waals surface area contributed by atoms with Crippen LogP contribution in [0.1, 0.15) is 5.56 Å². The lowest BCUT2D eigenvalue weighted by molar-refractivity contribution is 0.0324. The molecule has 0 radical (unpaired) electrons. The molecule has 118 valence electrons. The van der Waals surface area contributed by atoms with Crippen molar-refractivity contribution in [1.29, 1.82) is 0 Å². The predicted octanol–water partition coefficient (Wildman–Crippen LogP) is 0.282. The largest absolute Gasteiger partial charge is 0.492 e. The van der Waals surface area contributed by atoms with Gasteiger partial charge in [-0.1, -0.05) is 17.7 Å². The first-order chi connectivity index (χ1) is 10.1. The fourth-order valence-electron chi connectivity index (χ4n) is 1.95. The maximum absolute atomic E-state index is 11.9. The van der Waals surface area contributed by atoms with E-state index in [-0.39, 0.29) is 18.5 Å². The molecular formula is C14H22N2O4S. The van der Waals surface area contributed by atoms with Crippen LogP contribution in [0.2, 0.25) is 0 Å². The summed E-state index contributed by atoms with van der Waals surface area (Å²) in [6.45, 7) is 4.50. The van der Waals surface area contributed by atoms with Gasteiger partial charge in [0.05, 0.1) is 18.5 Å². The molecule has 0 aromatic heterocycles. The van der Waals surface area contributed by atoms with Crippen molar-refractivity contribution >= 4 is 10.0 Å². The molecule has 0 bridgehead atoms. The lowest BCUT2D eigenvalue weighted by Crippen LogP contribution is -2.45. The van der Waals surface area contributed by atoms with E-state index in [0.717, 1.165) is 12.1 Å². The minimum absolute atomic E-state index is 0.0684. The first-order valence-corrected chi connectivity index (χ1v) is 8.69. The molecule has 1 aliphatic heterocycles. The van der Waals surface area contributed by atoms with Crippen LogP contribution in [0.3, 0.4) is 0 Å². The fourth-order valence-corrected chi connectivity index (χ4v) is 2.83. The Bertz CT molecular complexity index is 524. The number of benzene rings is 1. The molecule has 1 fully saturated rings. The van der Waals surface area contributed by atoms with Crippen molar-refractivity contribution in [1.82, 2.24) is 10.0 Å². The highest BCUT2D eigenvalue weighted by molar-refractivity contribution is 7.89. The Kier molecular flexibility index (Phi) is 5.98.